The average molecular weight is 682 g/mol. The molecule has 242 valence electrons. The Kier molecular flexibility index (Phi) is 9.75. The number of aromatic nitrogens is 3. The van der Waals surface area contributed by atoms with Crippen molar-refractivity contribution in [2.24, 2.45) is 0 Å². The Labute approximate surface area is 281 Å². The van der Waals surface area contributed by atoms with Crippen molar-refractivity contribution < 1.29 is 17.5 Å². The molecule has 0 bridgehead atoms. The molecule has 0 atom stereocenters. The predicted octanol–water partition coefficient (Wildman–Crippen LogP) is 6.92. The molecule has 2 aromatic carbocycles. The summed E-state index contributed by atoms with van der Waals surface area (Å²) >= 11 is 11.8. The summed E-state index contributed by atoms with van der Waals surface area (Å²) in [7, 11) is -2.13. The highest BCUT2D eigenvalue weighted by Gasteiger charge is 2.43. The fourth-order valence-corrected chi connectivity index (χ4v) is 7.29. The van der Waals surface area contributed by atoms with Gasteiger partial charge < -0.3 is 14.8 Å². The van der Waals surface area contributed by atoms with Crippen molar-refractivity contribution in [3.63, 3.8) is 0 Å². The van der Waals surface area contributed by atoms with Crippen LogP contribution in [0.4, 0.5) is 17.3 Å². The first-order valence-corrected chi connectivity index (χ1v) is 17.4. The van der Waals surface area contributed by atoms with Crippen LogP contribution in [0, 0.1) is 0 Å². The molecule has 0 saturated heterocycles. The smallest absolute Gasteiger partial charge is 0.228 e. The standard InChI is InChI=1S/C34H38Cl2N6O3S/c1-33(2)24-13-9-10-14-27(24)42(19-11-12-20-46(43,44)45)29(33)16-8-6-7-15-28-34(3,4)25-21-23(17-18-26(25)41(28)5)22-37-32-39-30(35)38-31(36)40-32/h6-10,13-18,21H,11-12,19-20,22H2,1-5H3,(H-,37,38,39,40,43,44,45). The third-order valence-electron chi connectivity index (χ3n) is 8.68. The maximum atomic E-state index is 11.1. The van der Waals surface area contributed by atoms with E-state index in [1.807, 2.05) is 24.3 Å². The third kappa shape index (κ3) is 7.20. The number of para-hydroxylation sites is 1. The normalized spacial score (nSPS) is 17.8. The lowest BCUT2D eigenvalue weighted by atomic mass is 9.81. The van der Waals surface area contributed by atoms with Gasteiger partial charge in [0.25, 0.3) is 0 Å². The summed E-state index contributed by atoms with van der Waals surface area (Å²) in [4.78, 5) is 14.2. The third-order valence-corrected chi connectivity index (χ3v) is 9.81. The van der Waals surface area contributed by atoms with E-state index in [0.717, 1.165) is 22.6 Å². The lowest BCUT2D eigenvalue weighted by molar-refractivity contribution is -0.401. The molecule has 1 aromatic heterocycles. The van der Waals surface area contributed by atoms with Gasteiger partial charge in [0.1, 0.15) is 7.05 Å². The molecule has 0 unspecified atom stereocenters. The molecule has 0 radical (unpaired) electrons. The first-order valence-electron chi connectivity index (χ1n) is 15.1. The van der Waals surface area contributed by atoms with Crippen molar-refractivity contribution in [1.29, 1.82) is 0 Å². The molecular formula is C34H38Cl2N6O3S. The Balaban J connectivity index is 1.30. The highest BCUT2D eigenvalue weighted by molar-refractivity contribution is 7.85. The van der Waals surface area contributed by atoms with Crippen molar-refractivity contribution >= 4 is 56.4 Å². The molecule has 0 saturated carbocycles. The summed E-state index contributed by atoms with van der Waals surface area (Å²) in [5.74, 6) is -0.0199. The van der Waals surface area contributed by atoms with Crippen LogP contribution in [-0.2, 0) is 27.5 Å². The zero-order valence-corrected chi connectivity index (χ0v) is 28.9. The number of nitrogens with one attached hydrogen (secondary N) is 1. The van der Waals surface area contributed by atoms with Gasteiger partial charge in [-0.3, -0.25) is 0 Å². The number of fused-ring (bicyclic) bond motifs is 2. The number of anilines is 2. The molecule has 0 aliphatic carbocycles. The van der Waals surface area contributed by atoms with Crippen LogP contribution in [0.1, 0.15) is 57.2 Å². The number of allylic oxidation sites excluding steroid dienone is 6. The Hall–Kier alpha value is -3.57. The van der Waals surface area contributed by atoms with Crippen LogP contribution >= 0.6 is 23.2 Å². The quantitative estimate of drug-likeness (QED) is 0.101. The SMILES string of the molecule is C[N+]1=C(/C=C/C=C/C=C2/N(CCCCS(=O)(=O)[O-])c3ccccc3C2(C)C)C(C)(C)c2cc(CNc3nc(Cl)nc(Cl)n3)ccc21. The zero-order chi connectivity index (χ0) is 33.3. The van der Waals surface area contributed by atoms with Crippen molar-refractivity contribution in [2.75, 3.05) is 29.6 Å². The molecule has 9 nitrogen and oxygen atoms in total. The van der Waals surface area contributed by atoms with E-state index in [1.165, 1.54) is 16.8 Å². The lowest BCUT2D eigenvalue weighted by Crippen LogP contribution is -2.27. The van der Waals surface area contributed by atoms with Gasteiger partial charge in [-0.05, 0) is 79.2 Å². The number of nitrogens with zero attached hydrogens (tertiary/aromatic N) is 5. The van der Waals surface area contributed by atoms with Crippen molar-refractivity contribution in [2.45, 2.75) is 57.9 Å². The van der Waals surface area contributed by atoms with Gasteiger partial charge in [0.05, 0.1) is 15.5 Å². The Morgan fingerprint density at radius 1 is 0.935 bits per heavy atom. The molecule has 3 heterocycles. The second kappa shape index (κ2) is 13.3. The molecule has 12 heteroatoms. The van der Waals surface area contributed by atoms with E-state index in [1.54, 1.807) is 0 Å². The van der Waals surface area contributed by atoms with Gasteiger partial charge in [0.15, 0.2) is 5.71 Å². The zero-order valence-electron chi connectivity index (χ0n) is 26.6. The van der Waals surface area contributed by atoms with E-state index < -0.39 is 10.1 Å². The summed E-state index contributed by atoms with van der Waals surface area (Å²) in [6.07, 6.45) is 11.4. The minimum atomic E-state index is -4.22. The summed E-state index contributed by atoms with van der Waals surface area (Å²) in [5.41, 5.74) is 7.62. The van der Waals surface area contributed by atoms with Crippen LogP contribution in [-0.4, -0.2) is 57.6 Å². The van der Waals surface area contributed by atoms with Crippen LogP contribution in [0.2, 0.25) is 10.6 Å². The molecule has 3 aromatic rings. The van der Waals surface area contributed by atoms with E-state index in [2.05, 4.69) is 113 Å². The monoisotopic (exact) mass is 680 g/mol. The fourth-order valence-electron chi connectivity index (χ4n) is 6.37. The topological polar surface area (TPSA) is 114 Å². The van der Waals surface area contributed by atoms with Crippen LogP contribution in [0.5, 0.6) is 0 Å². The second-order valence-corrected chi connectivity index (χ2v) is 14.7. The Bertz CT molecular complexity index is 1860. The number of benzene rings is 2. The van der Waals surface area contributed by atoms with Gasteiger partial charge in [-0.1, -0.05) is 56.3 Å². The van der Waals surface area contributed by atoms with Crippen LogP contribution in [0.25, 0.3) is 0 Å². The maximum Gasteiger partial charge on any atom is 0.228 e. The van der Waals surface area contributed by atoms with Crippen LogP contribution in [0.3, 0.4) is 0 Å². The number of hydrogen-bond donors (Lipinski definition) is 1. The summed E-state index contributed by atoms with van der Waals surface area (Å²) < 4.78 is 35.5. The molecule has 0 amide bonds. The number of halogens is 2. The fraction of sp³-hybridized carbons (Fsp3) is 0.353. The van der Waals surface area contributed by atoms with Crippen molar-refractivity contribution in [1.82, 2.24) is 15.0 Å². The van der Waals surface area contributed by atoms with Crippen molar-refractivity contribution in [3.8, 4) is 0 Å². The van der Waals surface area contributed by atoms with Gasteiger partial charge in [-0.2, -0.15) is 19.5 Å². The first-order chi connectivity index (χ1) is 21.7. The minimum absolute atomic E-state index is 0.0385. The van der Waals surface area contributed by atoms with Crippen LogP contribution in [0.15, 0.2) is 78.5 Å². The molecule has 5 rings (SSSR count). The Morgan fingerprint density at radius 3 is 2.37 bits per heavy atom. The van der Waals surface area contributed by atoms with Crippen molar-refractivity contribution in [3.05, 3.63) is 106 Å². The maximum absolute atomic E-state index is 11.1. The van der Waals surface area contributed by atoms with Gasteiger partial charge in [-0.15, -0.1) is 0 Å². The number of unbranched alkanes of at least 4 members (excludes halogenated alkanes) is 1. The predicted molar refractivity (Wildman–Crippen MR) is 184 cm³/mol. The summed E-state index contributed by atoms with van der Waals surface area (Å²) in [5, 5.41) is 3.25. The van der Waals surface area contributed by atoms with Crippen LogP contribution < -0.4 is 10.2 Å². The highest BCUT2D eigenvalue weighted by Crippen LogP contribution is 2.47. The first kappa shape index (κ1) is 33.8. The van der Waals surface area contributed by atoms with E-state index >= 15 is 0 Å². The number of hydrogen-bond acceptors (Lipinski definition) is 8. The van der Waals surface area contributed by atoms with Gasteiger partial charge in [0.2, 0.25) is 22.2 Å². The van der Waals surface area contributed by atoms with Gasteiger partial charge in [0, 0.05) is 53.3 Å². The van der Waals surface area contributed by atoms with E-state index in [0.29, 0.717) is 31.9 Å². The summed E-state index contributed by atoms with van der Waals surface area (Å²) in [6, 6.07) is 14.7. The van der Waals surface area contributed by atoms with E-state index in [9.17, 15) is 13.0 Å². The number of rotatable bonds is 11. The van der Waals surface area contributed by atoms with E-state index in [4.69, 9.17) is 23.2 Å². The molecule has 2 aliphatic rings. The molecule has 2 aliphatic heterocycles. The van der Waals surface area contributed by atoms with E-state index in [-0.39, 0.29) is 27.2 Å². The molecular weight excluding hydrogens is 643 g/mol. The summed E-state index contributed by atoms with van der Waals surface area (Å²) in [6.45, 7) is 9.97. The average Bonchev–Trinajstić information content (AvgIpc) is 3.31. The molecule has 0 fully saturated rings. The minimum Gasteiger partial charge on any atom is -0.748 e. The molecule has 1 N–H and O–H groups in total. The molecule has 0 spiro atoms. The largest absolute Gasteiger partial charge is 0.748 e. The highest BCUT2D eigenvalue weighted by atomic mass is 35.5. The van der Waals surface area contributed by atoms with Gasteiger partial charge >= 0.3 is 0 Å². The lowest BCUT2D eigenvalue weighted by Gasteiger charge is -2.27. The molecule has 46 heavy (non-hydrogen) atoms. The second-order valence-electron chi connectivity index (χ2n) is 12.5. The Morgan fingerprint density at radius 2 is 1.65 bits per heavy atom. The van der Waals surface area contributed by atoms with Gasteiger partial charge in [-0.25, -0.2) is 8.42 Å².